The number of aliphatic hydroxyl groups excluding tert-OH is 2. The lowest BCUT2D eigenvalue weighted by atomic mass is 9.98. The van der Waals surface area contributed by atoms with Crippen molar-refractivity contribution in [2.24, 2.45) is 5.92 Å². The number of hydrogen-bond acceptors (Lipinski definition) is 3. The summed E-state index contributed by atoms with van der Waals surface area (Å²) in [5, 5.41) is 18.0. The van der Waals surface area contributed by atoms with E-state index in [1.54, 1.807) is 7.11 Å². The van der Waals surface area contributed by atoms with Crippen molar-refractivity contribution in [2.45, 2.75) is 19.8 Å². The molecule has 0 spiro atoms. The third-order valence-corrected chi connectivity index (χ3v) is 2.89. The van der Waals surface area contributed by atoms with Gasteiger partial charge in [0, 0.05) is 19.1 Å². The first-order valence-corrected chi connectivity index (χ1v) is 5.56. The zero-order chi connectivity index (χ0) is 12.0. The lowest BCUT2D eigenvalue weighted by molar-refractivity contribution is 0.144. The van der Waals surface area contributed by atoms with Crippen LogP contribution in [0.3, 0.4) is 0 Å². The first-order chi connectivity index (χ1) is 7.71. The van der Waals surface area contributed by atoms with Gasteiger partial charge in [-0.1, -0.05) is 6.07 Å². The van der Waals surface area contributed by atoms with Crippen molar-refractivity contribution in [1.82, 2.24) is 0 Å². The lowest BCUT2D eigenvalue weighted by Gasteiger charge is -2.12. The van der Waals surface area contributed by atoms with Gasteiger partial charge in [0.1, 0.15) is 5.75 Å². The molecule has 90 valence electrons. The molecule has 16 heavy (non-hydrogen) atoms. The van der Waals surface area contributed by atoms with Gasteiger partial charge in [0.2, 0.25) is 0 Å². The molecule has 0 saturated heterocycles. The summed E-state index contributed by atoms with van der Waals surface area (Å²) < 4.78 is 5.14. The van der Waals surface area contributed by atoms with E-state index in [1.807, 2.05) is 25.1 Å². The van der Waals surface area contributed by atoms with Crippen LogP contribution in [0.15, 0.2) is 18.2 Å². The third-order valence-electron chi connectivity index (χ3n) is 2.89. The van der Waals surface area contributed by atoms with Crippen LogP contribution in [0.5, 0.6) is 5.75 Å². The largest absolute Gasteiger partial charge is 0.497 e. The summed E-state index contributed by atoms with van der Waals surface area (Å²) in [6.45, 7) is 2.14. The molecule has 0 aliphatic heterocycles. The number of hydrogen-bond donors (Lipinski definition) is 2. The van der Waals surface area contributed by atoms with Gasteiger partial charge in [-0.15, -0.1) is 0 Å². The maximum absolute atomic E-state index is 8.98. The zero-order valence-corrected chi connectivity index (χ0v) is 9.94. The van der Waals surface area contributed by atoms with E-state index >= 15 is 0 Å². The van der Waals surface area contributed by atoms with Crippen molar-refractivity contribution < 1.29 is 14.9 Å². The van der Waals surface area contributed by atoms with Crippen LogP contribution in [0.25, 0.3) is 0 Å². The van der Waals surface area contributed by atoms with Crippen molar-refractivity contribution in [3.63, 3.8) is 0 Å². The van der Waals surface area contributed by atoms with Gasteiger partial charge in [0.15, 0.2) is 0 Å². The van der Waals surface area contributed by atoms with Gasteiger partial charge >= 0.3 is 0 Å². The zero-order valence-electron chi connectivity index (χ0n) is 9.94. The second kappa shape index (κ2) is 6.51. The molecule has 1 aromatic carbocycles. The van der Waals surface area contributed by atoms with Crippen LogP contribution in [0, 0.1) is 12.8 Å². The highest BCUT2D eigenvalue weighted by Gasteiger charge is 2.07. The Labute approximate surface area is 96.7 Å². The van der Waals surface area contributed by atoms with Crippen LogP contribution in [0.4, 0.5) is 0 Å². The van der Waals surface area contributed by atoms with E-state index in [0.29, 0.717) is 0 Å². The molecule has 0 atom stereocenters. The summed E-state index contributed by atoms with van der Waals surface area (Å²) in [6, 6.07) is 5.98. The Morgan fingerprint density at radius 1 is 1.25 bits per heavy atom. The van der Waals surface area contributed by atoms with Gasteiger partial charge in [-0.3, -0.25) is 0 Å². The molecule has 0 unspecified atom stereocenters. The summed E-state index contributed by atoms with van der Waals surface area (Å²) in [7, 11) is 1.65. The fourth-order valence-electron chi connectivity index (χ4n) is 1.68. The van der Waals surface area contributed by atoms with Gasteiger partial charge in [-0.05, 0) is 43.0 Å². The molecule has 1 aromatic rings. The Balaban J connectivity index is 2.60. The van der Waals surface area contributed by atoms with E-state index in [1.165, 1.54) is 11.1 Å². The minimum absolute atomic E-state index is 0.0125. The predicted molar refractivity (Wildman–Crippen MR) is 63.7 cm³/mol. The second-order valence-corrected chi connectivity index (χ2v) is 4.06. The number of ether oxygens (including phenoxy) is 1. The molecular formula is C13H20O3. The first kappa shape index (κ1) is 13.0. The Morgan fingerprint density at radius 3 is 2.44 bits per heavy atom. The van der Waals surface area contributed by atoms with E-state index < -0.39 is 0 Å². The van der Waals surface area contributed by atoms with E-state index in [-0.39, 0.29) is 19.1 Å². The van der Waals surface area contributed by atoms with Crippen molar-refractivity contribution >= 4 is 0 Å². The molecule has 0 aliphatic rings. The third kappa shape index (κ3) is 3.51. The van der Waals surface area contributed by atoms with Gasteiger partial charge in [-0.2, -0.15) is 0 Å². The maximum atomic E-state index is 8.98. The highest BCUT2D eigenvalue weighted by Crippen LogP contribution is 2.19. The molecule has 0 aromatic heterocycles. The van der Waals surface area contributed by atoms with Crippen LogP contribution >= 0.6 is 0 Å². The van der Waals surface area contributed by atoms with Crippen LogP contribution in [-0.2, 0) is 6.42 Å². The fraction of sp³-hybridized carbons (Fsp3) is 0.538. The van der Waals surface area contributed by atoms with Gasteiger partial charge in [0.05, 0.1) is 7.11 Å². The Kier molecular flexibility index (Phi) is 5.29. The predicted octanol–water partition coefficient (Wildman–Crippen LogP) is 1.54. The normalized spacial score (nSPS) is 10.8. The van der Waals surface area contributed by atoms with Gasteiger partial charge in [-0.25, -0.2) is 0 Å². The number of aryl methyl sites for hydroxylation is 2. The first-order valence-electron chi connectivity index (χ1n) is 5.56. The Bertz CT molecular complexity index is 319. The van der Waals surface area contributed by atoms with E-state index in [9.17, 15) is 0 Å². The Morgan fingerprint density at radius 2 is 1.94 bits per heavy atom. The standard InChI is InChI=1S/C13H20O3/c1-10-7-13(16-2)6-5-12(10)4-3-11(8-14)9-15/h5-7,11,14-15H,3-4,8-9H2,1-2H3. The molecule has 2 N–H and O–H groups in total. The summed E-state index contributed by atoms with van der Waals surface area (Å²) in [4.78, 5) is 0. The van der Waals surface area contributed by atoms with Gasteiger partial charge < -0.3 is 14.9 Å². The maximum Gasteiger partial charge on any atom is 0.119 e. The van der Waals surface area contributed by atoms with Crippen LogP contribution < -0.4 is 4.74 Å². The van der Waals surface area contributed by atoms with E-state index in [2.05, 4.69) is 0 Å². The van der Waals surface area contributed by atoms with Crippen LogP contribution in [-0.4, -0.2) is 30.5 Å². The number of methoxy groups -OCH3 is 1. The fourth-order valence-corrected chi connectivity index (χ4v) is 1.68. The van der Waals surface area contributed by atoms with Crippen LogP contribution in [0.2, 0.25) is 0 Å². The molecule has 0 aliphatic carbocycles. The minimum atomic E-state index is -0.0125. The highest BCUT2D eigenvalue weighted by atomic mass is 16.5. The molecule has 0 saturated carbocycles. The van der Waals surface area contributed by atoms with Gasteiger partial charge in [0.25, 0.3) is 0 Å². The molecule has 3 heteroatoms. The Hall–Kier alpha value is -1.06. The summed E-state index contributed by atoms with van der Waals surface area (Å²) in [5.74, 6) is 0.851. The summed E-state index contributed by atoms with van der Waals surface area (Å²) in [6.07, 6.45) is 1.68. The molecule has 0 amide bonds. The minimum Gasteiger partial charge on any atom is -0.497 e. The SMILES string of the molecule is COc1ccc(CCC(CO)CO)c(C)c1. The quantitative estimate of drug-likeness (QED) is 0.770. The summed E-state index contributed by atoms with van der Waals surface area (Å²) >= 11 is 0. The molecule has 0 bridgehead atoms. The lowest BCUT2D eigenvalue weighted by Crippen LogP contribution is -2.12. The number of benzene rings is 1. The van der Waals surface area contributed by atoms with E-state index in [0.717, 1.165) is 18.6 Å². The van der Waals surface area contributed by atoms with Crippen molar-refractivity contribution in [3.8, 4) is 5.75 Å². The molecule has 0 heterocycles. The van der Waals surface area contributed by atoms with Crippen molar-refractivity contribution in [3.05, 3.63) is 29.3 Å². The average Bonchev–Trinajstić information content (AvgIpc) is 2.32. The second-order valence-electron chi connectivity index (χ2n) is 4.06. The smallest absolute Gasteiger partial charge is 0.119 e. The van der Waals surface area contributed by atoms with Crippen LogP contribution in [0.1, 0.15) is 17.5 Å². The number of aliphatic hydroxyl groups is 2. The van der Waals surface area contributed by atoms with Crippen molar-refractivity contribution in [2.75, 3.05) is 20.3 Å². The molecular weight excluding hydrogens is 204 g/mol. The highest BCUT2D eigenvalue weighted by molar-refractivity contribution is 5.34. The molecule has 1 rings (SSSR count). The van der Waals surface area contributed by atoms with E-state index in [4.69, 9.17) is 14.9 Å². The monoisotopic (exact) mass is 224 g/mol. The topological polar surface area (TPSA) is 49.7 Å². The molecule has 3 nitrogen and oxygen atoms in total. The average molecular weight is 224 g/mol. The summed E-state index contributed by atoms with van der Waals surface area (Å²) in [5.41, 5.74) is 2.43. The molecule has 0 fully saturated rings. The number of rotatable bonds is 6. The van der Waals surface area contributed by atoms with Crippen molar-refractivity contribution in [1.29, 1.82) is 0 Å². The molecule has 0 radical (unpaired) electrons.